The van der Waals surface area contributed by atoms with Crippen molar-refractivity contribution < 1.29 is 14.6 Å². The summed E-state index contributed by atoms with van der Waals surface area (Å²) >= 11 is 2.12. The molecule has 3 N–H and O–H groups in total. The van der Waals surface area contributed by atoms with Crippen molar-refractivity contribution in [3.8, 4) is 5.75 Å². The van der Waals surface area contributed by atoms with Crippen molar-refractivity contribution in [2.24, 2.45) is 5.73 Å². The molecule has 1 aliphatic heterocycles. The molecule has 1 heterocycles. The van der Waals surface area contributed by atoms with Crippen LogP contribution in [-0.4, -0.2) is 22.6 Å². The smallest absolute Gasteiger partial charge is 0.159 e. The van der Waals surface area contributed by atoms with E-state index in [4.69, 9.17) is 10.5 Å². The van der Waals surface area contributed by atoms with Crippen LogP contribution in [0.15, 0.2) is 12.1 Å². The van der Waals surface area contributed by atoms with Gasteiger partial charge in [0, 0.05) is 11.1 Å². The second-order valence-corrected chi connectivity index (χ2v) is 6.27. The predicted octanol–water partition coefficient (Wildman–Crippen LogP) is 2.03. The van der Waals surface area contributed by atoms with Crippen LogP contribution in [-0.2, 0) is 0 Å². The molecule has 98 valence electrons. The fraction of sp³-hybridized carbons (Fsp3) is 0.462. The Hall–Kier alpha value is -0.660. The fourth-order valence-corrected chi connectivity index (χ4v) is 2.86. The third-order valence-electron chi connectivity index (χ3n) is 3.26. The number of rotatable bonds is 1. The standard InChI is InChI=1S/C13H16INO3/c1-6(16)7-4-8-10(15)12(17)13(2,3)18-11(8)9(14)5-7/h4-5,10,12,17H,15H2,1-3H3/t10-,12+/m1/s1. The summed E-state index contributed by atoms with van der Waals surface area (Å²) in [7, 11) is 0. The molecule has 4 nitrogen and oxygen atoms in total. The van der Waals surface area contributed by atoms with Gasteiger partial charge in [-0.1, -0.05) is 0 Å². The van der Waals surface area contributed by atoms with E-state index in [1.165, 1.54) is 6.92 Å². The van der Waals surface area contributed by atoms with Gasteiger partial charge in [0.05, 0.1) is 9.61 Å². The maximum atomic E-state index is 11.5. The minimum absolute atomic E-state index is 0.0257. The molecule has 0 unspecified atom stereocenters. The summed E-state index contributed by atoms with van der Waals surface area (Å²) in [5.41, 5.74) is 6.61. The molecule has 0 saturated carbocycles. The Labute approximate surface area is 120 Å². The van der Waals surface area contributed by atoms with E-state index in [1.807, 2.05) is 0 Å². The average Bonchev–Trinajstić information content (AvgIpc) is 2.27. The number of nitrogens with two attached hydrogens (primary N) is 1. The molecule has 0 amide bonds. The number of carbonyl (C=O) groups excluding carboxylic acids is 1. The Kier molecular flexibility index (Phi) is 3.42. The van der Waals surface area contributed by atoms with Crippen molar-refractivity contribution in [3.63, 3.8) is 0 Å². The number of hydrogen-bond acceptors (Lipinski definition) is 4. The van der Waals surface area contributed by atoms with Gasteiger partial charge in [0.15, 0.2) is 5.78 Å². The zero-order valence-electron chi connectivity index (χ0n) is 10.5. The SMILES string of the molecule is CC(=O)c1cc(I)c2c(c1)[C@@H](N)[C@H](O)C(C)(C)O2. The summed E-state index contributed by atoms with van der Waals surface area (Å²) in [6.45, 7) is 5.11. The lowest BCUT2D eigenvalue weighted by atomic mass is 9.86. The first-order chi connectivity index (χ1) is 8.24. The van der Waals surface area contributed by atoms with E-state index in [9.17, 15) is 9.90 Å². The van der Waals surface area contributed by atoms with Crippen molar-refractivity contribution in [1.29, 1.82) is 0 Å². The summed E-state index contributed by atoms with van der Waals surface area (Å²) in [5.74, 6) is 0.644. The maximum absolute atomic E-state index is 11.5. The summed E-state index contributed by atoms with van der Waals surface area (Å²) in [6.07, 6.45) is -0.803. The normalized spacial score (nSPS) is 25.2. The molecule has 0 radical (unpaired) electrons. The summed E-state index contributed by atoms with van der Waals surface area (Å²) in [6, 6.07) is 2.95. The quantitative estimate of drug-likeness (QED) is 0.593. The van der Waals surface area contributed by atoms with Crippen LogP contribution >= 0.6 is 22.6 Å². The summed E-state index contributed by atoms with van der Waals surface area (Å²) in [4.78, 5) is 11.5. The average molecular weight is 361 g/mol. The molecule has 1 aliphatic rings. The van der Waals surface area contributed by atoms with E-state index < -0.39 is 17.7 Å². The number of carbonyl (C=O) groups is 1. The van der Waals surface area contributed by atoms with Gasteiger partial charge in [-0.2, -0.15) is 0 Å². The van der Waals surface area contributed by atoms with Gasteiger partial charge in [-0.3, -0.25) is 4.79 Å². The van der Waals surface area contributed by atoms with E-state index in [2.05, 4.69) is 22.6 Å². The zero-order valence-corrected chi connectivity index (χ0v) is 12.7. The topological polar surface area (TPSA) is 72.6 Å². The minimum Gasteiger partial charge on any atom is -0.484 e. The number of ether oxygens (including phenoxy) is 1. The number of Topliss-reactive ketones (excluding diaryl/α,β-unsaturated/α-hetero) is 1. The van der Waals surface area contributed by atoms with Gasteiger partial charge >= 0.3 is 0 Å². The number of halogens is 1. The van der Waals surface area contributed by atoms with E-state index in [-0.39, 0.29) is 5.78 Å². The molecule has 5 heteroatoms. The van der Waals surface area contributed by atoms with Crippen LogP contribution in [0.5, 0.6) is 5.75 Å². The summed E-state index contributed by atoms with van der Waals surface area (Å²) < 4.78 is 6.66. The van der Waals surface area contributed by atoms with Crippen molar-refractivity contribution in [2.75, 3.05) is 0 Å². The van der Waals surface area contributed by atoms with Crippen LogP contribution in [0.3, 0.4) is 0 Å². The van der Waals surface area contributed by atoms with Crippen LogP contribution in [0.4, 0.5) is 0 Å². The molecule has 18 heavy (non-hydrogen) atoms. The van der Waals surface area contributed by atoms with E-state index in [0.717, 1.165) is 3.57 Å². The minimum atomic E-state index is -0.803. The molecule has 1 aromatic rings. The Bertz CT molecular complexity index is 513. The molecule has 0 fully saturated rings. The lowest BCUT2D eigenvalue weighted by Crippen LogP contribution is -2.51. The van der Waals surface area contributed by atoms with Crippen LogP contribution in [0.1, 0.15) is 42.7 Å². The van der Waals surface area contributed by atoms with E-state index >= 15 is 0 Å². The third kappa shape index (κ3) is 2.15. The molecular weight excluding hydrogens is 345 g/mol. The molecule has 1 aromatic carbocycles. The van der Waals surface area contributed by atoms with Gasteiger partial charge in [-0.05, 0) is 55.5 Å². The number of aliphatic hydroxyl groups is 1. The van der Waals surface area contributed by atoms with Crippen LogP contribution in [0.2, 0.25) is 0 Å². The first-order valence-electron chi connectivity index (χ1n) is 5.71. The first-order valence-corrected chi connectivity index (χ1v) is 6.79. The summed E-state index contributed by atoms with van der Waals surface area (Å²) in [5, 5.41) is 10.1. The molecule has 0 bridgehead atoms. The lowest BCUT2D eigenvalue weighted by molar-refractivity contribution is -0.0577. The van der Waals surface area contributed by atoms with Gasteiger partial charge < -0.3 is 15.6 Å². The van der Waals surface area contributed by atoms with Gasteiger partial charge in [0.2, 0.25) is 0 Å². The van der Waals surface area contributed by atoms with Gasteiger partial charge in [0.1, 0.15) is 17.5 Å². The van der Waals surface area contributed by atoms with Crippen LogP contribution in [0.25, 0.3) is 0 Å². The molecule has 0 saturated heterocycles. The molecule has 2 rings (SSSR count). The highest BCUT2D eigenvalue weighted by Gasteiger charge is 2.42. The van der Waals surface area contributed by atoms with E-state index in [1.54, 1.807) is 26.0 Å². The second kappa shape index (κ2) is 4.47. The molecular formula is C13H16INO3. The Morgan fingerprint density at radius 1 is 1.50 bits per heavy atom. The van der Waals surface area contributed by atoms with Crippen molar-refractivity contribution in [2.45, 2.75) is 38.5 Å². The number of benzene rings is 1. The zero-order chi connectivity index (χ0) is 13.7. The van der Waals surface area contributed by atoms with E-state index in [0.29, 0.717) is 16.9 Å². The number of ketones is 1. The van der Waals surface area contributed by atoms with Crippen molar-refractivity contribution in [3.05, 3.63) is 26.8 Å². The molecule has 0 spiro atoms. The molecule has 0 aliphatic carbocycles. The molecule has 2 atom stereocenters. The van der Waals surface area contributed by atoms with Crippen LogP contribution < -0.4 is 10.5 Å². The highest BCUT2D eigenvalue weighted by Crippen LogP contribution is 2.41. The number of hydrogen-bond donors (Lipinski definition) is 2. The van der Waals surface area contributed by atoms with Gasteiger partial charge in [-0.25, -0.2) is 0 Å². The highest BCUT2D eigenvalue weighted by atomic mass is 127. The Balaban J connectivity index is 2.61. The first kappa shape index (κ1) is 13.8. The monoisotopic (exact) mass is 361 g/mol. The second-order valence-electron chi connectivity index (χ2n) is 5.11. The van der Waals surface area contributed by atoms with Gasteiger partial charge in [0.25, 0.3) is 0 Å². The Morgan fingerprint density at radius 3 is 2.67 bits per heavy atom. The Morgan fingerprint density at radius 2 is 2.11 bits per heavy atom. The van der Waals surface area contributed by atoms with Crippen LogP contribution in [0, 0.1) is 3.57 Å². The molecule has 0 aromatic heterocycles. The third-order valence-corrected chi connectivity index (χ3v) is 4.06. The van der Waals surface area contributed by atoms with Gasteiger partial charge in [-0.15, -0.1) is 0 Å². The fourth-order valence-electron chi connectivity index (χ4n) is 2.10. The predicted molar refractivity (Wildman–Crippen MR) is 76.8 cm³/mol. The number of fused-ring (bicyclic) bond motifs is 1. The maximum Gasteiger partial charge on any atom is 0.159 e. The lowest BCUT2D eigenvalue weighted by Gasteiger charge is -2.41. The highest BCUT2D eigenvalue weighted by molar-refractivity contribution is 14.1. The largest absolute Gasteiger partial charge is 0.484 e. The number of aliphatic hydroxyl groups excluding tert-OH is 1. The van der Waals surface area contributed by atoms with Crippen molar-refractivity contribution >= 4 is 28.4 Å². The van der Waals surface area contributed by atoms with Crippen molar-refractivity contribution in [1.82, 2.24) is 0 Å².